The molecule has 39 heavy (non-hydrogen) atoms. The van der Waals surface area contributed by atoms with E-state index in [1.165, 1.54) is 0 Å². The van der Waals surface area contributed by atoms with Crippen molar-refractivity contribution in [1.29, 1.82) is 0 Å². The highest BCUT2D eigenvalue weighted by Crippen LogP contribution is 2.32. The van der Waals surface area contributed by atoms with Gasteiger partial charge in [-0.25, -0.2) is 9.79 Å². The molecule has 0 bridgehead atoms. The van der Waals surface area contributed by atoms with Crippen molar-refractivity contribution in [2.45, 2.75) is 13.5 Å². The normalized spacial score (nSPS) is 11.8. The van der Waals surface area contributed by atoms with Crippen molar-refractivity contribution >= 4 is 28.3 Å². The summed E-state index contributed by atoms with van der Waals surface area (Å²) in [7, 11) is 3.41. The van der Waals surface area contributed by atoms with Gasteiger partial charge in [-0.2, -0.15) is 0 Å². The summed E-state index contributed by atoms with van der Waals surface area (Å²) in [6.45, 7) is 5.77. The molecule has 0 fully saturated rings. The number of nitrogens with zero attached hydrogens (tertiary/aromatic N) is 2. The third kappa shape index (κ3) is 7.11. The molecule has 4 aromatic rings. The number of fused-ring (bicyclic) bond motifs is 1. The predicted molar refractivity (Wildman–Crippen MR) is 153 cm³/mol. The van der Waals surface area contributed by atoms with Crippen LogP contribution >= 0.6 is 0 Å². The highest BCUT2D eigenvalue weighted by atomic mass is 16.5. The number of carbonyl (C=O) groups excluding carboxylic acids is 1. The summed E-state index contributed by atoms with van der Waals surface area (Å²) in [4.78, 5) is 22.5. The maximum Gasteiger partial charge on any atom is 0.338 e. The van der Waals surface area contributed by atoms with Crippen LogP contribution in [0, 0.1) is 0 Å². The second kappa shape index (κ2) is 13.7. The van der Waals surface area contributed by atoms with Gasteiger partial charge in [-0.3, -0.25) is 4.90 Å². The molecule has 0 atom stereocenters. The third-order valence-corrected chi connectivity index (χ3v) is 6.38. The van der Waals surface area contributed by atoms with Crippen molar-refractivity contribution in [1.82, 2.24) is 9.88 Å². The fourth-order valence-electron chi connectivity index (χ4n) is 4.40. The van der Waals surface area contributed by atoms with Crippen LogP contribution in [-0.4, -0.2) is 73.8 Å². The van der Waals surface area contributed by atoms with Crippen molar-refractivity contribution in [2.24, 2.45) is 4.99 Å². The minimum Gasteiger partial charge on any atom is -0.494 e. The van der Waals surface area contributed by atoms with Crippen LogP contribution in [0.25, 0.3) is 10.9 Å². The number of hydrogen-bond donors (Lipinski definition) is 2. The quantitative estimate of drug-likeness (QED) is 0.180. The Kier molecular flexibility index (Phi) is 9.85. The number of esters is 1. The van der Waals surface area contributed by atoms with Crippen molar-refractivity contribution < 1.29 is 24.1 Å². The van der Waals surface area contributed by atoms with Crippen LogP contribution in [0.5, 0.6) is 5.88 Å². The number of aromatic amines is 1. The van der Waals surface area contributed by atoms with Crippen LogP contribution in [0.4, 0.5) is 5.69 Å². The van der Waals surface area contributed by atoms with Gasteiger partial charge in [0, 0.05) is 50.3 Å². The molecule has 0 saturated carbocycles. The van der Waals surface area contributed by atoms with Gasteiger partial charge in [0.15, 0.2) is 5.88 Å². The first kappa shape index (κ1) is 28.0. The lowest BCUT2D eigenvalue weighted by Crippen LogP contribution is -2.30. The lowest BCUT2D eigenvalue weighted by atomic mass is 10.00. The number of H-pyrrole nitrogens is 1. The molecule has 204 valence electrons. The second-order valence-electron chi connectivity index (χ2n) is 9.08. The molecule has 4 rings (SSSR count). The molecule has 0 saturated heterocycles. The standard InChI is InChI=1S/C31H35N3O5/c1-4-39-31(36)24-12-15-26-27(20-24)33-30(35)28(26)29(23-8-6-5-7-9-23)32-25-13-10-22(11-14-25)21-34(16-18-37-2)17-19-38-3/h5-15,20,33,35H,4,16-19,21H2,1-3H3. The van der Waals surface area contributed by atoms with E-state index in [0.717, 1.165) is 41.8 Å². The Hall–Kier alpha value is -3.98. The maximum absolute atomic E-state index is 12.2. The molecule has 0 aliphatic carbocycles. The van der Waals surface area contributed by atoms with E-state index < -0.39 is 5.97 Å². The van der Waals surface area contributed by atoms with Crippen molar-refractivity contribution in [3.63, 3.8) is 0 Å². The number of aliphatic imine (C=N–C) groups is 1. The molecule has 0 unspecified atom stereocenters. The molecular weight excluding hydrogens is 494 g/mol. The molecule has 1 heterocycles. The van der Waals surface area contributed by atoms with E-state index >= 15 is 0 Å². The minimum atomic E-state index is -0.407. The zero-order chi connectivity index (χ0) is 27.6. The van der Waals surface area contributed by atoms with Gasteiger partial charge >= 0.3 is 5.97 Å². The lowest BCUT2D eigenvalue weighted by molar-refractivity contribution is 0.0526. The highest BCUT2D eigenvalue weighted by Gasteiger charge is 2.20. The first-order valence-electron chi connectivity index (χ1n) is 13.0. The summed E-state index contributed by atoms with van der Waals surface area (Å²) in [6.07, 6.45) is 0. The van der Waals surface area contributed by atoms with E-state index in [0.29, 0.717) is 42.2 Å². The average Bonchev–Trinajstić information content (AvgIpc) is 3.29. The molecule has 8 heteroatoms. The minimum absolute atomic E-state index is 0.0165. The van der Waals surface area contributed by atoms with Gasteiger partial charge in [0.1, 0.15) is 0 Å². The Balaban J connectivity index is 1.68. The van der Waals surface area contributed by atoms with Crippen LogP contribution in [-0.2, 0) is 20.8 Å². The van der Waals surface area contributed by atoms with Gasteiger partial charge in [0.05, 0.1) is 42.3 Å². The van der Waals surface area contributed by atoms with Crippen molar-refractivity contribution in [3.8, 4) is 5.88 Å². The van der Waals surface area contributed by atoms with Gasteiger partial charge < -0.3 is 24.3 Å². The zero-order valence-electron chi connectivity index (χ0n) is 22.6. The summed E-state index contributed by atoms with van der Waals surface area (Å²) in [5.41, 5.74) is 5.00. The average molecular weight is 530 g/mol. The Bertz CT molecular complexity index is 1390. The van der Waals surface area contributed by atoms with Gasteiger partial charge in [0.2, 0.25) is 0 Å². The summed E-state index contributed by atoms with van der Waals surface area (Å²) in [5, 5.41) is 11.7. The van der Waals surface area contributed by atoms with Crippen molar-refractivity contribution in [2.75, 3.05) is 47.1 Å². The van der Waals surface area contributed by atoms with Gasteiger partial charge in [-0.05, 0) is 36.8 Å². The van der Waals surface area contributed by atoms with Crippen LogP contribution in [0.1, 0.15) is 34.0 Å². The number of methoxy groups -OCH3 is 2. The molecule has 0 amide bonds. The Labute approximate surface area is 228 Å². The van der Waals surface area contributed by atoms with E-state index in [4.69, 9.17) is 19.2 Å². The van der Waals surface area contributed by atoms with Gasteiger partial charge in [-0.1, -0.05) is 48.5 Å². The number of ether oxygens (including phenoxy) is 3. The summed E-state index contributed by atoms with van der Waals surface area (Å²) in [5.74, 6) is -0.424. The lowest BCUT2D eigenvalue weighted by Gasteiger charge is -2.21. The molecule has 3 aromatic carbocycles. The summed E-state index contributed by atoms with van der Waals surface area (Å²) in [6, 6.07) is 23.0. The molecule has 0 spiro atoms. The largest absolute Gasteiger partial charge is 0.494 e. The van der Waals surface area contributed by atoms with Crippen LogP contribution < -0.4 is 0 Å². The van der Waals surface area contributed by atoms with Gasteiger partial charge in [-0.15, -0.1) is 0 Å². The van der Waals surface area contributed by atoms with Crippen molar-refractivity contribution in [3.05, 3.63) is 95.1 Å². The molecule has 0 radical (unpaired) electrons. The number of benzene rings is 3. The molecule has 8 nitrogen and oxygen atoms in total. The van der Waals surface area contributed by atoms with Crippen LogP contribution in [0.3, 0.4) is 0 Å². The predicted octanol–water partition coefficient (Wildman–Crippen LogP) is 5.31. The molecule has 0 aliphatic rings. The first-order chi connectivity index (χ1) is 19.0. The molecule has 2 N–H and O–H groups in total. The van der Waals surface area contributed by atoms with Gasteiger partial charge in [0.25, 0.3) is 0 Å². The SMILES string of the molecule is CCOC(=O)c1ccc2c(C(=Nc3ccc(CN(CCOC)CCOC)cc3)c3ccccc3)c(O)[nH]c2c1. The topological polar surface area (TPSA) is 96.4 Å². The van der Waals surface area contributed by atoms with E-state index in [-0.39, 0.29) is 5.88 Å². The number of aromatic hydroxyl groups is 1. The summed E-state index contributed by atoms with van der Waals surface area (Å²) < 4.78 is 15.6. The first-order valence-corrected chi connectivity index (χ1v) is 13.0. The maximum atomic E-state index is 12.2. The molecule has 0 aliphatic heterocycles. The number of aromatic nitrogens is 1. The Morgan fingerprint density at radius 2 is 1.62 bits per heavy atom. The smallest absolute Gasteiger partial charge is 0.338 e. The zero-order valence-corrected chi connectivity index (χ0v) is 22.6. The molecule has 1 aromatic heterocycles. The monoisotopic (exact) mass is 529 g/mol. The van der Waals surface area contributed by atoms with E-state index in [9.17, 15) is 9.90 Å². The third-order valence-electron chi connectivity index (χ3n) is 6.38. The number of nitrogens with one attached hydrogen (secondary N) is 1. The van der Waals surface area contributed by atoms with E-state index in [2.05, 4.69) is 22.0 Å². The van der Waals surface area contributed by atoms with Crippen LogP contribution in [0.15, 0.2) is 77.8 Å². The number of rotatable bonds is 13. The van der Waals surface area contributed by atoms with E-state index in [1.807, 2.05) is 48.5 Å². The fourth-order valence-corrected chi connectivity index (χ4v) is 4.40. The number of hydrogen-bond acceptors (Lipinski definition) is 7. The summed E-state index contributed by atoms with van der Waals surface area (Å²) >= 11 is 0. The molecular formula is C31H35N3O5. The number of carbonyl (C=O) groups is 1. The second-order valence-corrected chi connectivity index (χ2v) is 9.08. The highest BCUT2D eigenvalue weighted by molar-refractivity contribution is 6.22. The Morgan fingerprint density at radius 3 is 2.26 bits per heavy atom. The Morgan fingerprint density at radius 1 is 0.923 bits per heavy atom. The van der Waals surface area contributed by atoms with E-state index in [1.54, 1.807) is 33.3 Å². The van der Waals surface area contributed by atoms with Crippen LogP contribution in [0.2, 0.25) is 0 Å². The fraction of sp³-hybridized carbons (Fsp3) is 0.290.